The van der Waals surface area contributed by atoms with Gasteiger partial charge in [-0.15, -0.1) is 0 Å². The van der Waals surface area contributed by atoms with Gasteiger partial charge in [-0.25, -0.2) is 0 Å². The monoisotopic (exact) mass is 270 g/mol. The first kappa shape index (κ1) is 12.7. The Morgan fingerprint density at radius 2 is 2.15 bits per heavy atom. The molecule has 1 aromatic carbocycles. The molecule has 1 atom stereocenters. The van der Waals surface area contributed by atoms with E-state index in [4.69, 9.17) is 0 Å². The van der Waals surface area contributed by atoms with E-state index in [1.807, 2.05) is 45.2 Å². The first-order valence-corrected chi connectivity index (χ1v) is 6.72. The van der Waals surface area contributed by atoms with Gasteiger partial charge in [-0.05, 0) is 25.5 Å². The lowest BCUT2D eigenvalue weighted by molar-refractivity contribution is -0.117. The molecule has 2 N–H and O–H groups in total. The van der Waals surface area contributed by atoms with E-state index in [1.54, 1.807) is 4.68 Å². The zero-order valence-corrected chi connectivity index (χ0v) is 11.9. The highest BCUT2D eigenvalue weighted by molar-refractivity contribution is 5.99. The Kier molecular flexibility index (Phi) is 2.97. The Labute approximate surface area is 118 Å². The third-order valence-electron chi connectivity index (χ3n) is 3.91. The lowest BCUT2D eigenvalue weighted by Gasteiger charge is -2.11. The first-order chi connectivity index (χ1) is 9.58. The van der Waals surface area contributed by atoms with Crippen LogP contribution >= 0.6 is 0 Å². The van der Waals surface area contributed by atoms with Gasteiger partial charge in [-0.2, -0.15) is 5.10 Å². The van der Waals surface area contributed by atoms with E-state index < -0.39 is 0 Å². The molecule has 0 aliphatic carbocycles. The van der Waals surface area contributed by atoms with E-state index in [2.05, 4.69) is 15.7 Å². The molecule has 0 bridgehead atoms. The quantitative estimate of drug-likeness (QED) is 0.879. The second kappa shape index (κ2) is 4.67. The van der Waals surface area contributed by atoms with E-state index in [1.165, 1.54) is 0 Å². The summed E-state index contributed by atoms with van der Waals surface area (Å²) in [5, 5.41) is 10.6. The van der Waals surface area contributed by atoms with Gasteiger partial charge in [0.2, 0.25) is 5.91 Å². The molecule has 1 aromatic heterocycles. The summed E-state index contributed by atoms with van der Waals surface area (Å²) in [4.78, 5) is 12.5. The van der Waals surface area contributed by atoms with Crippen LogP contribution in [-0.2, 0) is 11.8 Å². The number of aromatic nitrogens is 2. The van der Waals surface area contributed by atoms with E-state index in [0.29, 0.717) is 6.54 Å². The predicted molar refractivity (Wildman–Crippen MR) is 79.0 cm³/mol. The summed E-state index contributed by atoms with van der Waals surface area (Å²) < 4.78 is 1.78. The van der Waals surface area contributed by atoms with Crippen LogP contribution in [0.3, 0.4) is 0 Å². The Hall–Kier alpha value is -2.30. The van der Waals surface area contributed by atoms with Crippen molar-refractivity contribution in [2.75, 3.05) is 17.2 Å². The summed E-state index contributed by atoms with van der Waals surface area (Å²) in [6.45, 7) is 4.50. The maximum atomic E-state index is 12.5. The fourth-order valence-corrected chi connectivity index (χ4v) is 2.68. The van der Waals surface area contributed by atoms with Crippen LogP contribution in [0, 0.1) is 13.8 Å². The highest BCUT2D eigenvalue weighted by Crippen LogP contribution is 2.32. The van der Waals surface area contributed by atoms with E-state index >= 15 is 0 Å². The molecule has 3 rings (SSSR count). The lowest BCUT2D eigenvalue weighted by Crippen LogP contribution is -2.23. The van der Waals surface area contributed by atoms with Crippen LogP contribution in [0.2, 0.25) is 0 Å². The normalized spacial score (nSPS) is 16.6. The van der Waals surface area contributed by atoms with Gasteiger partial charge in [-0.1, -0.05) is 18.2 Å². The van der Waals surface area contributed by atoms with Crippen molar-refractivity contribution in [2.45, 2.75) is 19.8 Å². The molecular weight excluding hydrogens is 252 g/mol. The molecule has 0 fully saturated rings. The van der Waals surface area contributed by atoms with Crippen molar-refractivity contribution in [3.8, 4) is 0 Å². The molecule has 1 aliphatic heterocycles. The number of fused-ring (bicyclic) bond motifs is 1. The largest absolute Gasteiger partial charge is 0.384 e. The minimum atomic E-state index is -0.148. The van der Waals surface area contributed by atoms with Crippen LogP contribution in [-0.4, -0.2) is 22.2 Å². The van der Waals surface area contributed by atoms with Crippen molar-refractivity contribution >= 4 is 17.3 Å². The summed E-state index contributed by atoms with van der Waals surface area (Å²) in [5.74, 6) is -0.133. The molecule has 2 heterocycles. The summed E-state index contributed by atoms with van der Waals surface area (Å²) in [6.07, 6.45) is 0. The molecule has 2 aromatic rings. The van der Waals surface area contributed by atoms with Gasteiger partial charge < -0.3 is 10.6 Å². The van der Waals surface area contributed by atoms with E-state index in [-0.39, 0.29) is 11.8 Å². The number of carbonyl (C=O) groups is 1. The Morgan fingerprint density at radius 1 is 1.40 bits per heavy atom. The molecule has 104 valence electrons. The molecular formula is C15H18N4O. The van der Waals surface area contributed by atoms with Gasteiger partial charge in [0.15, 0.2) is 0 Å². The van der Waals surface area contributed by atoms with Gasteiger partial charge in [-0.3, -0.25) is 9.48 Å². The number of amides is 1. The zero-order valence-electron chi connectivity index (χ0n) is 11.9. The SMILES string of the molecule is Cc1nn(C)c(C)c1NC(=O)C1CNc2ccccc21. The number of hydrogen-bond acceptors (Lipinski definition) is 3. The Morgan fingerprint density at radius 3 is 2.85 bits per heavy atom. The van der Waals surface area contributed by atoms with Crippen LogP contribution in [0.25, 0.3) is 0 Å². The average molecular weight is 270 g/mol. The van der Waals surface area contributed by atoms with E-state index in [0.717, 1.165) is 28.3 Å². The second-order valence-corrected chi connectivity index (χ2v) is 5.18. The van der Waals surface area contributed by atoms with Crippen LogP contribution in [0.5, 0.6) is 0 Å². The Balaban J connectivity index is 1.85. The van der Waals surface area contributed by atoms with Crippen LogP contribution in [0.4, 0.5) is 11.4 Å². The van der Waals surface area contributed by atoms with Gasteiger partial charge >= 0.3 is 0 Å². The molecule has 1 unspecified atom stereocenters. The lowest BCUT2D eigenvalue weighted by atomic mass is 10.0. The number of rotatable bonds is 2. The molecule has 5 nitrogen and oxygen atoms in total. The third-order valence-corrected chi connectivity index (χ3v) is 3.91. The number of anilines is 2. The molecule has 0 spiro atoms. The second-order valence-electron chi connectivity index (χ2n) is 5.18. The topological polar surface area (TPSA) is 59.0 Å². The van der Waals surface area contributed by atoms with Crippen molar-refractivity contribution < 1.29 is 4.79 Å². The summed E-state index contributed by atoms with van der Waals surface area (Å²) in [6, 6.07) is 7.94. The van der Waals surface area contributed by atoms with Crippen molar-refractivity contribution in [3.05, 3.63) is 41.2 Å². The van der Waals surface area contributed by atoms with Crippen molar-refractivity contribution in [2.24, 2.45) is 7.05 Å². The van der Waals surface area contributed by atoms with Crippen molar-refractivity contribution in [1.29, 1.82) is 0 Å². The highest BCUT2D eigenvalue weighted by Gasteiger charge is 2.29. The summed E-state index contributed by atoms with van der Waals surface area (Å²) in [7, 11) is 1.88. The van der Waals surface area contributed by atoms with Gasteiger partial charge in [0.25, 0.3) is 0 Å². The number of carbonyl (C=O) groups excluding carboxylic acids is 1. The van der Waals surface area contributed by atoms with E-state index in [9.17, 15) is 4.79 Å². The predicted octanol–water partition coefficient (Wildman–Crippen LogP) is 2.18. The average Bonchev–Trinajstić information content (AvgIpc) is 2.96. The van der Waals surface area contributed by atoms with Gasteiger partial charge in [0.05, 0.1) is 23.0 Å². The molecule has 0 radical (unpaired) electrons. The standard InChI is InChI=1S/C15H18N4O/c1-9-14(10(2)19(3)18-9)17-15(20)12-8-16-13-7-5-4-6-11(12)13/h4-7,12,16H,8H2,1-3H3,(H,17,20). The highest BCUT2D eigenvalue weighted by atomic mass is 16.2. The molecule has 20 heavy (non-hydrogen) atoms. The van der Waals surface area contributed by atoms with Gasteiger partial charge in [0, 0.05) is 19.3 Å². The van der Waals surface area contributed by atoms with Crippen molar-refractivity contribution in [1.82, 2.24) is 9.78 Å². The van der Waals surface area contributed by atoms with Crippen LogP contribution in [0.15, 0.2) is 24.3 Å². The smallest absolute Gasteiger partial charge is 0.233 e. The molecule has 0 saturated heterocycles. The van der Waals surface area contributed by atoms with Crippen LogP contribution < -0.4 is 10.6 Å². The molecule has 5 heteroatoms. The third kappa shape index (κ3) is 1.95. The minimum absolute atomic E-state index is 0.0154. The van der Waals surface area contributed by atoms with Gasteiger partial charge in [0.1, 0.15) is 0 Å². The summed E-state index contributed by atoms with van der Waals surface area (Å²) >= 11 is 0. The molecule has 0 saturated carbocycles. The Bertz CT molecular complexity index is 675. The van der Waals surface area contributed by atoms with Crippen LogP contribution in [0.1, 0.15) is 22.9 Å². The fraction of sp³-hybridized carbons (Fsp3) is 0.333. The fourth-order valence-electron chi connectivity index (χ4n) is 2.68. The number of para-hydroxylation sites is 1. The summed E-state index contributed by atoms with van der Waals surface area (Å²) in [5.41, 5.74) is 4.74. The number of benzene rings is 1. The van der Waals surface area contributed by atoms with Crippen molar-refractivity contribution in [3.63, 3.8) is 0 Å². The minimum Gasteiger partial charge on any atom is -0.384 e. The number of hydrogen-bond donors (Lipinski definition) is 2. The molecule has 1 aliphatic rings. The number of nitrogens with zero attached hydrogens (tertiary/aromatic N) is 2. The maximum Gasteiger partial charge on any atom is 0.233 e. The number of nitrogens with one attached hydrogen (secondary N) is 2. The zero-order chi connectivity index (χ0) is 14.3. The number of aryl methyl sites for hydroxylation is 2. The first-order valence-electron chi connectivity index (χ1n) is 6.72. The maximum absolute atomic E-state index is 12.5. The molecule has 1 amide bonds.